The zero-order chi connectivity index (χ0) is 6.74. The van der Waals surface area contributed by atoms with Crippen LogP contribution in [0.3, 0.4) is 0 Å². The lowest BCUT2D eigenvalue weighted by Gasteiger charge is -2.25. The van der Waals surface area contributed by atoms with Gasteiger partial charge in [0.15, 0.2) is 0 Å². The van der Waals surface area contributed by atoms with Gasteiger partial charge in [0.05, 0.1) is 0 Å². The molecule has 0 saturated carbocycles. The summed E-state index contributed by atoms with van der Waals surface area (Å²) in [6.45, 7) is 2.19. The second-order valence-electron chi connectivity index (χ2n) is 2.66. The summed E-state index contributed by atoms with van der Waals surface area (Å²) in [5.74, 6) is 0. The van der Waals surface area contributed by atoms with Gasteiger partial charge >= 0.3 is 0 Å². The van der Waals surface area contributed by atoms with Crippen molar-refractivity contribution in [3.8, 4) is 0 Å². The van der Waals surface area contributed by atoms with Gasteiger partial charge in [-0.3, -0.25) is 0 Å². The normalized spacial score (nSPS) is 33.1. The molecule has 1 heteroatoms. The van der Waals surface area contributed by atoms with Crippen molar-refractivity contribution in [2.75, 3.05) is 7.05 Å². The Morgan fingerprint density at radius 2 is 2.22 bits per heavy atom. The minimum atomic E-state index is 0.203. The molecule has 0 aromatic rings. The van der Waals surface area contributed by atoms with Gasteiger partial charge in [-0.15, -0.1) is 0 Å². The van der Waals surface area contributed by atoms with E-state index in [4.69, 9.17) is 0 Å². The molecule has 1 N–H and O–H groups in total. The van der Waals surface area contributed by atoms with Gasteiger partial charge in [0.1, 0.15) is 0 Å². The van der Waals surface area contributed by atoms with Crippen molar-refractivity contribution in [2.24, 2.45) is 0 Å². The van der Waals surface area contributed by atoms with Gasteiger partial charge in [0.2, 0.25) is 0 Å². The first-order valence-corrected chi connectivity index (χ1v) is 3.30. The number of allylic oxidation sites excluding steroid dienone is 2. The lowest BCUT2D eigenvalue weighted by Crippen LogP contribution is -2.37. The van der Waals surface area contributed by atoms with E-state index in [2.05, 4.69) is 36.5 Å². The zero-order valence-electron chi connectivity index (χ0n) is 6.02. The molecule has 1 atom stereocenters. The van der Waals surface area contributed by atoms with E-state index in [1.165, 1.54) is 0 Å². The van der Waals surface area contributed by atoms with Crippen molar-refractivity contribution in [3.63, 3.8) is 0 Å². The van der Waals surface area contributed by atoms with Crippen LogP contribution in [0.25, 0.3) is 0 Å². The minimum absolute atomic E-state index is 0.203. The predicted octanol–water partition coefficient (Wildman–Crippen LogP) is 1.48. The first kappa shape index (κ1) is 6.56. The molecule has 1 unspecified atom stereocenters. The fourth-order valence-corrected chi connectivity index (χ4v) is 0.913. The average molecular weight is 123 g/mol. The quantitative estimate of drug-likeness (QED) is 0.557. The van der Waals surface area contributed by atoms with Crippen LogP contribution in [0.5, 0.6) is 0 Å². The van der Waals surface area contributed by atoms with Crippen molar-refractivity contribution >= 4 is 0 Å². The number of rotatable bonds is 1. The standard InChI is InChI=1S/C8H13N/c1-8(9-2)6-4-3-5-7-8/h3-6,9H,7H2,1-2H3. The van der Waals surface area contributed by atoms with Crippen LogP contribution in [0.1, 0.15) is 13.3 Å². The average Bonchev–Trinajstić information content (AvgIpc) is 1.90. The van der Waals surface area contributed by atoms with Crippen LogP contribution in [0.2, 0.25) is 0 Å². The zero-order valence-corrected chi connectivity index (χ0v) is 6.02. The summed E-state index contributed by atoms with van der Waals surface area (Å²) < 4.78 is 0. The maximum Gasteiger partial charge on any atom is 0.0371 e. The number of hydrogen-bond donors (Lipinski definition) is 1. The van der Waals surface area contributed by atoms with Gasteiger partial charge < -0.3 is 5.32 Å². The molecule has 0 aliphatic heterocycles. The predicted molar refractivity (Wildman–Crippen MR) is 40.4 cm³/mol. The molecule has 0 amide bonds. The molecule has 1 rings (SSSR count). The van der Waals surface area contributed by atoms with E-state index in [9.17, 15) is 0 Å². The second-order valence-corrected chi connectivity index (χ2v) is 2.66. The molecule has 1 aliphatic carbocycles. The third-order valence-electron chi connectivity index (χ3n) is 1.82. The third-order valence-corrected chi connectivity index (χ3v) is 1.82. The number of likely N-dealkylation sites (N-methyl/N-ethyl adjacent to an activating group) is 1. The van der Waals surface area contributed by atoms with Gasteiger partial charge in [-0.25, -0.2) is 0 Å². The molecule has 0 heterocycles. The SMILES string of the molecule is CNC1(C)C=CC=CC1. The van der Waals surface area contributed by atoms with Gasteiger partial charge in [-0.05, 0) is 20.4 Å². The first-order valence-electron chi connectivity index (χ1n) is 3.30. The van der Waals surface area contributed by atoms with E-state index in [1.807, 2.05) is 7.05 Å². The van der Waals surface area contributed by atoms with Crippen LogP contribution in [-0.4, -0.2) is 12.6 Å². The van der Waals surface area contributed by atoms with Crippen LogP contribution in [0.15, 0.2) is 24.3 Å². The summed E-state index contributed by atoms with van der Waals surface area (Å²) in [6.07, 6.45) is 9.63. The molecule has 50 valence electrons. The van der Waals surface area contributed by atoms with E-state index in [0.29, 0.717) is 0 Å². The number of hydrogen-bond acceptors (Lipinski definition) is 1. The Labute approximate surface area is 56.5 Å². The van der Waals surface area contributed by atoms with Crippen molar-refractivity contribution in [1.29, 1.82) is 0 Å². The van der Waals surface area contributed by atoms with Gasteiger partial charge in [-0.1, -0.05) is 24.3 Å². The Balaban J connectivity index is 2.63. The Bertz CT molecular complexity index is 147. The fraction of sp³-hybridized carbons (Fsp3) is 0.500. The highest BCUT2D eigenvalue weighted by Gasteiger charge is 2.16. The van der Waals surface area contributed by atoms with Crippen LogP contribution >= 0.6 is 0 Å². The largest absolute Gasteiger partial charge is 0.311 e. The Hall–Kier alpha value is -0.560. The van der Waals surface area contributed by atoms with Crippen LogP contribution in [-0.2, 0) is 0 Å². The van der Waals surface area contributed by atoms with Crippen molar-refractivity contribution in [1.82, 2.24) is 5.32 Å². The smallest absolute Gasteiger partial charge is 0.0371 e. The highest BCUT2D eigenvalue weighted by Crippen LogP contribution is 2.14. The summed E-state index contributed by atoms with van der Waals surface area (Å²) in [5, 5.41) is 3.24. The Morgan fingerprint density at radius 3 is 2.56 bits per heavy atom. The molecule has 0 saturated heterocycles. The molecular formula is C8H13N. The van der Waals surface area contributed by atoms with E-state index < -0.39 is 0 Å². The molecule has 9 heavy (non-hydrogen) atoms. The summed E-state index contributed by atoms with van der Waals surface area (Å²) >= 11 is 0. The molecule has 1 aliphatic rings. The minimum Gasteiger partial charge on any atom is -0.311 e. The summed E-state index contributed by atoms with van der Waals surface area (Å²) in [5.41, 5.74) is 0.203. The van der Waals surface area contributed by atoms with Crippen molar-refractivity contribution in [2.45, 2.75) is 18.9 Å². The Morgan fingerprint density at radius 1 is 1.44 bits per heavy atom. The fourth-order valence-electron chi connectivity index (χ4n) is 0.913. The highest BCUT2D eigenvalue weighted by molar-refractivity contribution is 5.19. The maximum atomic E-state index is 3.24. The highest BCUT2D eigenvalue weighted by atomic mass is 14.9. The summed E-state index contributed by atoms with van der Waals surface area (Å²) in [6, 6.07) is 0. The molecule has 0 bridgehead atoms. The van der Waals surface area contributed by atoms with E-state index in [1.54, 1.807) is 0 Å². The molecular weight excluding hydrogens is 110 g/mol. The topological polar surface area (TPSA) is 12.0 Å². The molecule has 1 nitrogen and oxygen atoms in total. The van der Waals surface area contributed by atoms with Crippen LogP contribution < -0.4 is 5.32 Å². The van der Waals surface area contributed by atoms with Crippen molar-refractivity contribution < 1.29 is 0 Å². The monoisotopic (exact) mass is 123 g/mol. The first-order chi connectivity index (χ1) is 4.27. The van der Waals surface area contributed by atoms with E-state index in [0.717, 1.165) is 6.42 Å². The van der Waals surface area contributed by atoms with Crippen LogP contribution in [0.4, 0.5) is 0 Å². The molecule has 0 fully saturated rings. The molecule has 0 aromatic carbocycles. The Kier molecular flexibility index (Phi) is 1.72. The molecule has 0 spiro atoms. The van der Waals surface area contributed by atoms with Gasteiger partial charge in [0, 0.05) is 5.54 Å². The summed E-state index contributed by atoms with van der Waals surface area (Å²) in [4.78, 5) is 0. The van der Waals surface area contributed by atoms with E-state index >= 15 is 0 Å². The summed E-state index contributed by atoms with van der Waals surface area (Å²) in [7, 11) is 1.99. The van der Waals surface area contributed by atoms with E-state index in [-0.39, 0.29) is 5.54 Å². The molecule has 0 aromatic heterocycles. The third kappa shape index (κ3) is 1.42. The maximum absolute atomic E-state index is 3.24. The lowest BCUT2D eigenvalue weighted by atomic mass is 9.94. The van der Waals surface area contributed by atoms with Gasteiger partial charge in [-0.2, -0.15) is 0 Å². The van der Waals surface area contributed by atoms with Crippen LogP contribution in [0, 0.1) is 0 Å². The van der Waals surface area contributed by atoms with Gasteiger partial charge in [0.25, 0.3) is 0 Å². The number of nitrogens with one attached hydrogen (secondary N) is 1. The molecule has 0 radical (unpaired) electrons. The van der Waals surface area contributed by atoms with Crippen molar-refractivity contribution in [3.05, 3.63) is 24.3 Å². The lowest BCUT2D eigenvalue weighted by molar-refractivity contribution is 0.481. The second kappa shape index (κ2) is 2.36.